The number of rotatable bonds is 1. The summed E-state index contributed by atoms with van der Waals surface area (Å²) in [6.45, 7) is 1.69. The van der Waals surface area contributed by atoms with Crippen molar-refractivity contribution in [1.29, 1.82) is 0 Å². The maximum Gasteiger partial charge on any atom is 0.185 e. The number of pyridine rings is 1. The fourth-order valence-electron chi connectivity index (χ4n) is 1.48. The molecule has 5 heteroatoms. The van der Waals surface area contributed by atoms with Gasteiger partial charge >= 0.3 is 0 Å². The van der Waals surface area contributed by atoms with Gasteiger partial charge in [-0.3, -0.25) is 5.84 Å². The lowest BCUT2D eigenvalue weighted by atomic mass is 10.1. The second-order valence-corrected chi connectivity index (χ2v) is 3.21. The Kier molecular flexibility index (Phi) is 2.24. The fraction of sp³-hybridized carbons (Fsp3) is 0.100. The predicted molar refractivity (Wildman–Crippen MR) is 54.2 cm³/mol. The smallest absolute Gasteiger partial charge is 0.185 e. The molecule has 0 radical (unpaired) electrons. The maximum absolute atomic E-state index is 13.4. The largest absolute Gasteiger partial charge is 0.323 e. The maximum atomic E-state index is 13.4. The van der Waals surface area contributed by atoms with E-state index < -0.39 is 11.6 Å². The second-order valence-electron chi connectivity index (χ2n) is 3.21. The van der Waals surface area contributed by atoms with Crippen LogP contribution in [0.4, 0.5) is 14.5 Å². The van der Waals surface area contributed by atoms with Gasteiger partial charge in [0.05, 0.1) is 5.69 Å². The number of hydrogen-bond acceptors (Lipinski definition) is 3. The van der Waals surface area contributed by atoms with E-state index in [1.807, 2.05) is 0 Å². The molecule has 0 aliphatic rings. The standard InChI is InChI=1S/C10H9F2N3/c1-5-4-8(15-13)6-2-3-7(11)9(12)10(6)14-5/h2-4H,13H2,1H3,(H,14,15). The van der Waals surface area contributed by atoms with Gasteiger partial charge in [0.1, 0.15) is 5.52 Å². The molecule has 0 bridgehead atoms. The number of nitrogens with two attached hydrogens (primary N) is 1. The zero-order chi connectivity index (χ0) is 11.0. The minimum Gasteiger partial charge on any atom is -0.323 e. The van der Waals surface area contributed by atoms with Crippen LogP contribution in [0.1, 0.15) is 5.69 Å². The van der Waals surface area contributed by atoms with Crippen molar-refractivity contribution >= 4 is 16.6 Å². The van der Waals surface area contributed by atoms with Crippen LogP contribution in [0.25, 0.3) is 10.9 Å². The second kappa shape index (κ2) is 3.43. The van der Waals surface area contributed by atoms with E-state index in [2.05, 4.69) is 10.4 Å². The number of nitrogens with one attached hydrogen (secondary N) is 1. The van der Waals surface area contributed by atoms with E-state index in [0.29, 0.717) is 16.8 Å². The summed E-state index contributed by atoms with van der Waals surface area (Å²) in [7, 11) is 0. The quantitative estimate of drug-likeness (QED) is 0.558. The van der Waals surface area contributed by atoms with Crippen LogP contribution in [-0.4, -0.2) is 4.98 Å². The Hall–Kier alpha value is -1.75. The molecule has 3 N–H and O–H groups in total. The Labute approximate surface area is 84.9 Å². The Balaban J connectivity index is 2.89. The van der Waals surface area contributed by atoms with Crippen molar-refractivity contribution in [2.24, 2.45) is 5.84 Å². The molecule has 0 saturated carbocycles. The molecule has 78 valence electrons. The molecule has 0 amide bonds. The lowest BCUT2D eigenvalue weighted by Crippen LogP contribution is -2.08. The SMILES string of the molecule is Cc1cc(NN)c2ccc(F)c(F)c2n1. The highest BCUT2D eigenvalue weighted by Gasteiger charge is 2.11. The summed E-state index contributed by atoms with van der Waals surface area (Å²) in [5, 5.41) is 0.460. The fourth-order valence-corrected chi connectivity index (χ4v) is 1.48. The summed E-state index contributed by atoms with van der Waals surface area (Å²) in [5.74, 6) is 3.41. The first-order valence-electron chi connectivity index (χ1n) is 4.35. The average molecular weight is 209 g/mol. The Bertz CT molecular complexity index is 526. The minimum absolute atomic E-state index is 0.0112. The molecule has 0 spiro atoms. The number of fused-ring (bicyclic) bond motifs is 1. The molecular weight excluding hydrogens is 200 g/mol. The van der Waals surface area contributed by atoms with Crippen LogP contribution in [-0.2, 0) is 0 Å². The summed E-state index contributed by atoms with van der Waals surface area (Å²) in [5.41, 5.74) is 3.51. The van der Waals surface area contributed by atoms with Crippen LogP contribution in [0, 0.1) is 18.6 Å². The van der Waals surface area contributed by atoms with E-state index in [1.54, 1.807) is 13.0 Å². The number of nitrogens with zero attached hydrogens (tertiary/aromatic N) is 1. The molecule has 3 nitrogen and oxygen atoms in total. The van der Waals surface area contributed by atoms with Crippen molar-refractivity contribution in [2.45, 2.75) is 6.92 Å². The van der Waals surface area contributed by atoms with Crippen molar-refractivity contribution in [3.8, 4) is 0 Å². The van der Waals surface area contributed by atoms with E-state index in [-0.39, 0.29) is 5.52 Å². The average Bonchev–Trinajstić information content (AvgIpc) is 2.23. The van der Waals surface area contributed by atoms with Gasteiger partial charge in [-0.2, -0.15) is 0 Å². The van der Waals surface area contributed by atoms with Crippen molar-refractivity contribution in [2.75, 3.05) is 5.43 Å². The Morgan fingerprint density at radius 3 is 2.73 bits per heavy atom. The number of benzene rings is 1. The Morgan fingerprint density at radius 1 is 1.33 bits per heavy atom. The zero-order valence-electron chi connectivity index (χ0n) is 8.01. The first kappa shape index (κ1) is 9.79. The number of nitrogen functional groups attached to an aromatic ring is 1. The first-order valence-corrected chi connectivity index (χ1v) is 4.35. The molecule has 0 atom stereocenters. The van der Waals surface area contributed by atoms with Gasteiger partial charge in [0.2, 0.25) is 0 Å². The Morgan fingerprint density at radius 2 is 2.07 bits per heavy atom. The molecule has 0 aliphatic carbocycles. The highest BCUT2D eigenvalue weighted by Crippen LogP contribution is 2.25. The molecule has 0 saturated heterocycles. The molecule has 0 unspecified atom stereocenters. The summed E-state index contributed by atoms with van der Waals surface area (Å²) in [4.78, 5) is 3.93. The third-order valence-corrected chi connectivity index (χ3v) is 2.16. The van der Waals surface area contributed by atoms with Crippen LogP contribution in [0.3, 0.4) is 0 Å². The molecule has 1 heterocycles. The van der Waals surface area contributed by atoms with Gasteiger partial charge in [0, 0.05) is 11.1 Å². The molecule has 2 rings (SSSR count). The van der Waals surface area contributed by atoms with Gasteiger partial charge in [-0.05, 0) is 25.1 Å². The molecular formula is C10H9F2N3. The highest BCUT2D eigenvalue weighted by molar-refractivity contribution is 5.91. The van der Waals surface area contributed by atoms with Crippen LogP contribution in [0.5, 0.6) is 0 Å². The third kappa shape index (κ3) is 1.50. The molecule has 2 aromatic rings. The van der Waals surface area contributed by atoms with Crippen LogP contribution < -0.4 is 11.3 Å². The van der Waals surface area contributed by atoms with E-state index in [0.717, 1.165) is 6.07 Å². The normalized spacial score (nSPS) is 10.7. The minimum atomic E-state index is -0.951. The lowest BCUT2D eigenvalue weighted by Gasteiger charge is -2.07. The van der Waals surface area contributed by atoms with Crippen LogP contribution in [0.2, 0.25) is 0 Å². The van der Waals surface area contributed by atoms with E-state index >= 15 is 0 Å². The molecule has 1 aromatic heterocycles. The van der Waals surface area contributed by atoms with E-state index in [9.17, 15) is 8.78 Å². The predicted octanol–water partition coefficient (Wildman–Crippen LogP) is 2.11. The van der Waals surface area contributed by atoms with Crippen molar-refractivity contribution < 1.29 is 8.78 Å². The van der Waals surface area contributed by atoms with E-state index in [1.165, 1.54) is 6.07 Å². The van der Waals surface area contributed by atoms with Gasteiger partial charge < -0.3 is 5.43 Å². The number of aryl methyl sites for hydroxylation is 1. The number of halogens is 2. The molecule has 0 aliphatic heterocycles. The first-order chi connectivity index (χ1) is 7.13. The van der Waals surface area contributed by atoms with Crippen molar-refractivity contribution in [1.82, 2.24) is 4.98 Å². The third-order valence-electron chi connectivity index (χ3n) is 2.16. The van der Waals surface area contributed by atoms with Crippen LogP contribution >= 0.6 is 0 Å². The number of hydrazine groups is 1. The van der Waals surface area contributed by atoms with Gasteiger partial charge in [-0.25, -0.2) is 13.8 Å². The van der Waals surface area contributed by atoms with Gasteiger partial charge in [-0.15, -0.1) is 0 Å². The summed E-state index contributed by atoms with van der Waals surface area (Å²) in [6.07, 6.45) is 0. The summed E-state index contributed by atoms with van der Waals surface area (Å²) >= 11 is 0. The highest BCUT2D eigenvalue weighted by atomic mass is 19.2. The van der Waals surface area contributed by atoms with Crippen molar-refractivity contribution in [3.05, 3.63) is 35.5 Å². The van der Waals surface area contributed by atoms with Crippen molar-refractivity contribution in [3.63, 3.8) is 0 Å². The number of anilines is 1. The van der Waals surface area contributed by atoms with Crippen LogP contribution in [0.15, 0.2) is 18.2 Å². The summed E-state index contributed by atoms with van der Waals surface area (Å²) < 4.78 is 26.3. The van der Waals surface area contributed by atoms with Gasteiger partial charge in [0.15, 0.2) is 11.6 Å². The monoisotopic (exact) mass is 209 g/mol. The molecule has 15 heavy (non-hydrogen) atoms. The van der Waals surface area contributed by atoms with Gasteiger partial charge in [0.25, 0.3) is 0 Å². The zero-order valence-corrected chi connectivity index (χ0v) is 8.01. The molecule has 0 fully saturated rings. The number of aromatic nitrogens is 1. The lowest BCUT2D eigenvalue weighted by molar-refractivity contribution is 0.515. The van der Waals surface area contributed by atoms with Gasteiger partial charge in [-0.1, -0.05) is 0 Å². The number of hydrogen-bond donors (Lipinski definition) is 2. The molecule has 1 aromatic carbocycles. The topological polar surface area (TPSA) is 50.9 Å². The van der Waals surface area contributed by atoms with E-state index in [4.69, 9.17) is 5.84 Å². The summed E-state index contributed by atoms with van der Waals surface area (Å²) in [6, 6.07) is 4.16.